The van der Waals surface area contributed by atoms with Crippen molar-refractivity contribution in [1.82, 2.24) is 15.0 Å². The largest absolute Gasteiger partial charge is 0.392 e. The van der Waals surface area contributed by atoms with E-state index in [1.807, 2.05) is 13.2 Å². The molecule has 1 aliphatic carbocycles. The first-order valence-corrected chi connectivity index (χ1v) is 3.81. The molecule has 0 saturated heterocycles. The van der Waals surface area contributed by atoms with Crippen molar-refractivity contribution in [3.8, 4) is 0 Å². The van der Waals surface area contributed by atoms with Gasteiger partial charge in [-0.25, -0.2) is 0 Å². The van der Waals surface area contributed by atoms with Gasteiger partial charge in [0.15, 0.2) is 0 Å². The minimum absolute atomic E-state index is 0.188. The Kier molecular flexibility index (Phi) is 1.42. The van der Waals surface area contributed by atoms with Crippen molar-refractivity contribution in [2.24, 2.45) is 7.05 Å². The number of aliphatic hydroxyl groups is 1. The molecule has 1 fully saturated rings. The third-order valence-electron chi connectivity index (χ3n) is 2.24. The third kappa shape index (κ3) is 1.03. The molecule has 1 saturated carbocycles. The molecule has 0 aliphatic heterocycles. The van der Waals surface area contributed by atoms with Gasteiger partial charge in [-0.3, -0.25) is 4.68 Å². The molecule has 0 radical (unpaired) electrons. The summed E-state index contributed by atoms with van der Waals surface area (Å²) in [6, 6.07) is 0. The average molecular weight is 153 g/mol. The zero-order valence-electron chi connectivity index (χ0n) is 6.44. The Morgan fingerprint density at radius 1 is 1.64 bits per heavy atom. The third-order valence-corrected chi connectivity index (χ3v) is 2.24. The van der Waals surface area contributed by atoms with Crippen LogP contribution in [0.15, 0.2) is 6.20 Å². The maximum absolute atomic E-state index is 9.29. The fourth-order valence-corrected chi connectivity index (χ4v) is 1.36. The molecule has 0 amide bonds. The molecule has 0 aromatic carbocycles. The highest BCUT2D eigenvalue weighted by molar-refractivity contribution is 5.09. The van der Waals surface area contributed by atoms with Gasteiger partial charge in [0, 0.05) is 19.2 Å². The van der Waals surface area contributed by atoms with Crippen LogP contribution in [0.1, 0.15) is 24.5 Å². The molecule has 4 nitrogen and oxygen atoms in total. The van der Waals surface area contributed by atoms with E-state index in [4.69, 9.17) is 0 Å². The fourth-order valence-electron chi connectivity index (χ4n) is 1.36. The number of aromatic nitrogens is 3. The number of nitrogens with zero attached hydrogens (tertiary/aromatic N) is 3. The van der Waals surface area contributed by atoms with Crippen molar-refractivity contribution in [3.05, 3.63) is 11.9 Å². The number of aryl methyl sites for hydroxylation is 1. The van der Waals surface area contributed by atoms with Crippen molar-refractivity contribution >= 4 is 0 Å². The Bertz CT molecular complexity index is 258. The highest BCUT2D eigenvalue weighted by Crippen LogP contribution is 2.35. The van der Waals surface area contributed by atoms with Crippen LogP contribution >= 0.6 is 0 Å². The summed E-state index contributed by atoms with van der Waals surface area (Å²) >= 11 is 0. The van der Waals surface area contributed by atoms with E-state index in [0.717, 1.165) is 18.5 Å². The van der Waals surface area contributed by atoms with Crippen LogP contribution in [0.4, 0.5) is 0 Å². The van der Waals surface area contributed by atoms with E-state index in [1.54, 1.807) is 4.68 Å². The Morgan fingerprint density at radius 2 is 2.45 bits per heavy atom. The lowest BCUT2D eigenvalue weighted by atomic mass is 9.80. The zero-order chi connectivity index (χ0) is 7.84. The van der Waals surface area contributed by atoms with Crippen molar-refractivity contribution in [3.63, 3.8) is 0 Å². The molecule has 1 aromatic heterocycles. The topological polar surface area (TPSA) is 50.9 Å². The molecule has 1 aromatic rings. The van der Waals surface area contributed by atoms with E-state index in [1.165, 1.54) is 0 Å². The Morgan fingerprint density at radius 3 is 2.82 bits per heavy atom. The summed E-state index contributed by atoms with van der Waals surface area (Å²) in [6.45, 7) is 0. The number of rotatable bonds is 1. The van der Waals surface area contributed by atoms with Gasteiger partial charge in [0.1, 0.15) is 0 Å². The summed E-state index contributed by atoms with van der Waals surface area (Å²) in [4.78, 5) is 0. The van der Waals surface area contributed by atoms with Gasteiger partial charge in [0.05, 0.1) is 11.8 Å². The lowest BCUT2D eigenvalue weighted by Crippen LogP contribution is -2.29. The van der Waals surface area contributed by atoms with Crippen LogP contribution in [-0.4, -0.2) is 26.2 Å². The molecule has 0 bridgehead atoms. The molecule has 60 valence electrons. The first-order chi connectivity index (χ1) is 5.27. The molecule has 1 aliphatic rings. The van der Waals surface area contributed by atoms with Gasteiger partial charge >= 0.3 is 0 Å². The fraction of sp³-hybridized carbons (Fsp3) is 0.714. The van der Waals surface area contributed by atoms with Crippen molar-refractivity contribution in [2.45, 2.75) is 24.9 Å². The molecule has 1 N–H and O–H groups in total. The smallest absolute Gasteiger partial charge is 0.0883 e. The predicted molar refractivity (Wildman–Crippen MR) is 39.0 cm³/mol. The van der Waals surface area contributed by atoms with E-state index in [9.17, 15) is 5.11 Å². The van der Waals surface area contributed by atoms with E-state index >= 15 is 0 Å². The van der Waals surface area contributed by atoms with Gasteiger partial charge in [-0.15, -0.1) is 5.10 Å². The van der Waals surface area contributed by atoms with Gasteiger partial charge in [-0.05, 0) is 12.8 Å². The highest BCUT2D eigenvalue weighted by Gasteiger charge is 2.32. The maximum Gasteiger partial charge on any atom is 0.0883 e. The van der Waals surface area contributed by atoms with Gasteiger partial charge in [0.25, 0.3) is 0 Å². The van der Waals surface area contributed by atoms with Crippen molar-refractivity contribution in [2.75, 3.05) is 0 Å². The van der Waals surface area contributed by atoms with E-state index in [2.05, 4.69) is 10.3 Å². The molecule has 1 heterocycles. The predicted octanol–water partition coefficient (Wildman–Crippen LogP) is 0.0534. The van der Waals surface area contributed by atoms with Gasteiger partial charge in [-0.2, -0.15) is 0 Å². The minimum Gasteiger partial charge on any atom is -0.392 e. The number of hydrogen-bond acceptors (Lipinski definition) is 3. The van der Waals surface area contributed by atoms with Crippen LogP contribution in [0, 0.1) is 0 Å². The van der Waals surface area contributed by atoms with Crippen LogP contribution in [0.5, 0.6) is 0 Å². The first-order valence-electron chi connectivity index (χ1n) is 3.81. The summed E-state index contributed by atoms with van der Waals surface area (Å²) in [7, 11) is 1.83. The Labute approximate surface area is 64.8 Å². The molecule has 0 spiro atoms. The first kappa shape index (κ1) is 6.79. The van der Waals surface area contributed by atoms with Crippen molar-refractivity contribution < 1.29 is 5.11 Å². The SMILES string of the molecule is Cn1cc(C2CCC2O)nn1. The van der Waals surface area contributed by atoms with Crippen LogP contribution in [0.25, 0.3) is 0 Å². The lowest BCUT2D eigenvalue weighted by molar-refractivity contribution is 0.0642. The standard InChI is InChI=1S/C7H11N3O/c1-10-4-6(8-9-10)5-2-3-7(5)11/h4-5,7,11H,2-3H2,1H3. The van der Waals surface area contributed by atoms with Gasteiger partial charge < -0.3 is 5.11 Å². The molecular formula is C7H11N3O. The van der Waals surface area contributed by atoms with Crippen LogP contribution < -0.4 is 0 Å². The Balaban J connectivity index is 2.16. The quantitative estimate of drug-likeness (QED) is 0.620. The number of hydrogen-bond donors (Lipinski definition) is 1. The molecule has 11 heavy (non-hydrogen) atoms. The monoisotopic (exact) mass is 153 g/mol. The van der Waals surface area contributed by atoms with Crippen molar-refractivity contribution in [1.29, 1.82) is 0 Å². The molecular weight excluding hydrogens is 142 g/mol. The van der Waals surface area contributed by atoms with Crippen LogP contribution in [-0.2, 0) is 7.05 Å². The molecule has 2 rings (SSSR count). The second-order valence-corrected chi connectivity index (χ2v) is 3.07. The summed E-state index contributed by atoms with van der Waals surface area (Å²) in [5, 5.41) is 17.0. The summed E-state index contributed by atoms with van der Waals surface area (Å²) in [5.74, 6) is 0.240. The summed E-state index contributed by atoms with van der Waals surface area (Å²) < 4.78 is 1.67. The lowest BCUT2D eigenvalue weighted by Gasteiger charge is -2.30. The second-order valence-electron chi connectivity index (χ2n) is 3.07. The molecule has 4 heteroatoms. The highest BCUT2D eigenvalue weighted by atomic mass is 16.3. The Hall–Kier alpha value is -0.900. The average Bonchev–Trinajstić information content (AvgIpc) is 2.33. The van der Waals surface area contributed by atoms with E-state index in [-0.39, 0.29) is 12.0 Å². The maximum atomic E-state index is 9.29. The van der Waals surface area contributed by atoms with Crippen LogP contribution in [0.3, 0.4) is 0 Å². The zero-order valence-corrected chi connectivity index (χ0v) is 6.44. The summed E-state index contributed by atoms with van der Waals surface area (Å²) in [5.41, 5.74) is 0.922. The van der Waals surface area contributed by atoms with Gasteiger partial charge in [-0.1, -0.05) is 5.21 Å². The minimum atomic E-state index is -0.188. The van der Waals surface area contributed by atoms with E-state index < -0.39 is 0 Å². The van der Waals surface area contributed by atoms with Crippen LogP contribution in [0.2, 0.25) is 0 Å². The summed E-state index contributed by atoms with van der Waals surface area (Å²) in [6.07, 6.45) is 3.63. The normalized spacial score (nSPS) is 30.0. The second kappa shape index (κ2) is 2.30. The molecule has 2 unspecified atom stereocenters. The van der Waals surface area contributed by atoms with E-state index in [0.29, 0.717) is 0 Å². The molecule has 2 atom stereocenters. The number of aliphatic hydroxyl groups excluding tert-OH is 1. The van der Waals surface area contributed by atoms with Gasteiger partial charge in [0.2, 0.25) is 0 Å².